The molecule has 1 aliphatic heterocycles. The summed E-state index contributed by atoms with van der Waals surface area (Å²) < 4.78 is 5.18. The number of hydrogen-bond acceptors (Lipinski definition) is 5. The van der Waals surface area contributed by atoms with Gasteiger partial charge in [-0.15, -0.1) is 11.3 Å². The van der Waals surface area contributed by atoms with Crippen molar-refractivity contribution < 1.29 is 14.1 Å². The van der Waals surface area contributed by atoms with Crippen molar-refractivity contribution in [3.8, 4) is 0 Å². The van der Waals surface area contributed by atoms with Gasteiger partial charge in [-0.05, 0) is 38.3 Å². The van der Waals surface area contributed by atoms with Gasteiger partial charge in [0.15, 0.2) is 0 Å². The average molecular weight is 375 g/mol. The minimum Gasteiger partial charge on any atom is -0.361 e. The van der Waals surface area contributed by atoms with Crippen LogP contribution in [0.25, 0.3) is 0 Å². The maximum absolute atomic E-state index is 13.1. The summed E-state index contributed by atoms with van der Waals surface area (Å²) in [5, 5.41) is 7.72. The molecule has 0 spiro atoms. The van der Waals surface area contributed by atoms with E-state index in [4.69, 9.17) is 4.52 Å². The molecule has 7 heteroatoms. The molecule has 3 heterocycles. The summed E-state index contributed by atoms with van der Waals surface area (Å²) in [5.41, 5.74) is 1.21. The molecule has 140 valence electrons. The van der Waals surface area contributed by atoms with Crippen LogP contribution in [0.2, 0.25) is 0 Å². The Morgan fingerprint density at radius 2 is 2.04 bits per heavy atom. The van der Waals surface area contributed by atoms with E-state index in [9.17, 15) is 9.59 Å². The van der Waals surface area contributed by atoms with Crippen molar-refractivity contribution in [1.29, 1.82) is 0 Å². The Balaban J connectivity index is 1.80. The fourth-order valence-electron chi connectivity index (χ4n) is 3.05. The molecule has 0 saturated carbocycles. The fourth-order valence-corrected chi connectivity index (χ4v) is 4.07. The van der Waals surface area contributed by atoms with Gasteiger partial charge in [0.25, 0.3) is 5.91 Å². The maximum Gasteiger partial charge on any atom is 0.264 e. The van der Waals surface area contributed by atoms with E-state index in [1.807, 2.05) is 51.7 Å². The lowest BCUT2D eigenvalue weighted by atomic mass is 9.96. The molecule has 0 unspecified atom stereocenters. The number of nitrogens with zero attached hydrogens (tertiary/aromatic N) is 2. The molecule has 2 aromatic heterocycles. The number of hydrogen-bond donors (Lipinski definition) is 1. The Kier molecular flexibility index (Phi) is 4.92. The summed E-state index contributed by atoms with van der Waals surface area (Å²) in [6.07, 6.45) is 1.83. The van der Waals surface area contributed by atoms with E-state index >= 15 is 0 Å². The quantitative estimate of drug-likeness (QED) is 0.867. The first-order valence-corrected chi connectivity index (χ1v) is 9.64. The van der Waals surface area contributed by atoms with Gasteiger partial charge in [0, 0.05) is 18.0 Å². The number of aryl methyl sites for hydroxylation is 2. The molecule has 2 aromatic rings. The number of thiophene rings is 1. The standard InChI is InChI=1S/C19H25N3O3S/c1-11-9-15(20-18(24)19(3,4)5)26-16(11)17(23)22-8-6-7-14(22)13-10-12(2)25-21-13/h9-10,14H,6-8H2,1-5H3,(H,20,24)/t14-/m1/s1. The predicted octanol–water partition coefficient (Wildman–Crippen LogP) is 4.31. The minimum absolute atomic E-state index is 0.00749. The molecule has 1 atom stereocenters. The Labute approximate surface area is 157 Å². The monoisotopic (exact) mass is 375 g/mol. The van der Waals surface area contributed by atoms with E-state index in [2.05, 4.69) is 10.5 Å². The normalized spacial score (nSPS) is 17.6. The van der Waals surface area contributed by atoms with E-state index < -0.39 is 5.41 Å². The van der Waals surface area contributed by atoms with Gasteiger partial charge >= 0.3 is 0 Å². The second-order valence-corrected chi connectivity index (χ2v) is 8.90. The molecule has 0 aliphatic carbocycles. The molecule has 26 heavy (non-hydrogen) atoms. The lowest BCUT2D eigenvalue weighted by Crippen LogP contribution is -2.30. The molecule has 0 bridgehead atoms. The van der Waals surface area contributed by atoms with Gasteiger partial charge in [0.1, 0.15) is 11.5 Å². The molecule has 1 fully saturated rings. The molecular weight excluding hydrogens is 350 g/mol. The van der Waals surface area contributed by atoms with E-state index in [1.54, 1.807) is 0 Å². The second-order valence-electron chi connectivity index (χ2n) is 7.85. The third kappa shape index (κ3) is 3.67. The van der Waals surface area contributed by atoms with Crippen molar-refractivity contribution in [2.45, 2.75) is 53.5 Å². The first-order chi connectivity index (χ1) is 12.2. The van der Waals surface area contributed by atoms with Crippen molar-refractivity contribution in [3.63, 3.8) is 0 Å². The maximum atomic E-state index is 13.1. The van der Waals surface area contributed by atoms with Gasteiger partial charge in [-0.1, -0.05) is 25.9 Å². The highest BCUT2D eigenvalue weighted by atomic mass is 32.1. The predicted molar refractivity (Wildman–Crippen MR) is 101 cm³/mol. The van der Waals surface area contributed by atoms with Crippen molar-refractivity contribution in [2.75, 3.05) is 11.9 Å². The molecule has 1 aliphatic rings. The van der Waals surface area contributed by atoms with Crippen LogP contribution in [0.1, 0.15) is 66.3 Å². The fraction of sp³-hybridized carbons (Fsp3) is 0.526. The van der Waals surface area contributed by atoms with Gasteiger partial charge < -0.3 is 14.7 Å². The van der Waals surface area contributed by atoms with Crippen molar-refractivity contribution in [2.24, 2.45) is 5.41 Å². The molecule has 0 aromatic carbocycles. The zero-order chi connectivity index (χ0) is 19.1. The largest absolute Gasteiger partial charge is 0.361 e. The number of aromatic nitrogens is 1. The molecule has 2 amide bonds. The average Bonchev–Trinajstić information content (AvgIpc) is 3.25. The SMILES string of the molecule is Cc1cc([C@H]2CCCN2C(=O)c2sc(NC(=O)C(C)(C)C)cc2C)no1. The topological polar surface area (TPSA) is 75.4 Å². The summed E-state index contributed by atoms with van der Waals surface area (Å²) in [7, 11) is 0. The van der Waals surface area contributed by atoms with Crippen LogP contribution in [0.3, 0.4) is 0 Å². The molecule has 1 N–H and O–H groups in total. The first kappa shape index (κ1) is 18.6. The van der Waals surface area contributed by atoms with E-state index in [1.165, 1.54) is 11.3 Å². The van der Waals surface area contributed by atoms with E-state index in [-0.39, 0.29) is 17.9 Å². The third-order valence-corrected chi connectivity index (χ3v) is 5.67. The number of carbonyl (C=O) groups excluding carboxylic acids is 2. The molecule has 0 radical (unpaired) electrons. The van der Waals surface area contributed by atoms with Crippen LogP contribution in [-0.4, -0.2) is 28.4 Å². The Morgan fingerprint density at radius 3 is 2.65 bits per heavy atom. The number of amides is 2. The van der Waals surface area contributed by atoms with Crippen LogP contribution in [-0.2, 0) is 4.79 Å². The van der Waals surface area contributed by atoms with Crippen LogP contribution < -0.4 is 5.32 Å². The number of likely N-dealkylation sites (tertiary alicyclic amines) is 1. The summed E-state index contributed by atoms with van der Waals surface area (Å²) in [6.45, 7) is 10.1. The van der Waals surface area contributed by atoms with Crippen LogP contribution in [0.4, 0.5) is 5.00 Å². The van der Waals surface area contributed by atoms with Gasteiger partial charge in [-0.3, -0.25) is 9.59 Å². The highest BCUT2D eigenvalue weighted by Gasteiger charge is 2.34. The number of carbonyl (C=O) groups is 2. The molecule has 1 saturated heterocycles. The van der Waals surface area contributed by atoms with E-state index in [0.29, 0.717) is 16.4 Å². The van der Waals surface area contributed by atoms with Crippen molar-refractivity contribution in [3.05, 3.63) is 34.0 Å². The summed E-state index contributed by atoms with van der Waals surface area (Å²) in [4.78, 5) is 27.9. The first-order valence-electron chi connectivity index (χ1n) is 8.83. The number of nitrogens with one attached hydrogen (secondary N) is 1. The zero-order valence-corrected chi connectivity index (χ0v) is 16.7. The molecule has 3 rings (SSSR count). The molecule has 6 nitrogen and oxygen atoms in total. The number of rotatable bonds is 3. The van der Waals surface area contributed by atoms with Gasteiger partial charge in [-0.25, -0.2) is 0 Å². The van der Waals surface area contributed by atoms with Gasteiger partial charge in [-0.2, -0.15) is 0 Å². The van der Waals surface area contributed by atoms with Crippen molar-refractivity contribution in [1.82, 2.24) is 10.1 Å². The van der Waals surface area contributed by atoms with E-state index in [0.717, 1.165) is 29.9 Å². The lowest BCUT2D eigenvalue weighted by molar-refractivity contribution is -0.123. The minimum atomic E-state index is -0.479. The second kappa shape index (κ2) is 6.87. The van der Waals surface area contributed by atoms with Gasteiger partial charge in [0.05, 0.1) is 15.9 Å². The number of anilines is 1. The molecular formula is C19H25N3O3S. The van der Waals surface area contributed by atoms with Gasteiger partial charge in [0.2, 0.25) is 5.91 Å². The van der Waals surface area contributed by atoms with Crippen LogP contribution in [0, 0.1) is 19.3 Å². The van der Waals surface area contributed by atoms with Crippen LogP contribution >= 0.6 is 11.3 Å². The highest BCUT2D eigenvalue weighted by molar-refractivity contribution is 7.18. The Hall–Kier alpha value is -2.15. The van der Waals surface area contributed by atoms with Crippen LogP contribution in [0.5, 0.6) is 0 Å². The lowest BCUT2D eigenvalue weighted by Gasteiger charge is -2.22. The Bertz CT molecular complexity index is 831. The summed E-state index contributed by atoms with van der Waals surface area (Å²) in [6, 6.07) is 3.72. The highest BCUT2D eigenvalue weighted by Crippen LogP contribution is 2.36. The smallest absolute Gasteiger partial charge is 0.264 e. The third-order valence-electron chi connectivity index (χ3n) is 4.53. The summed E-state index contributed by atoms with van der Waals surface area (Å²) in [5.74, 6) is 0.681. The summed E-state index contributed by atoms with van der Waals surface area (Å²) >= 11 is 1.33. The van der Waals surface area contributed by atoms with Crippen LogP contribution in [0.15, 0.2) is 16.7 Å². The van der Waals surface area contributed by atoms with Crippen molar-refractivity contribution >= 4 is 28.2 Å². The Morgan fingerprint density at radius 1 is 1.31 bits per heavy atom. The zero-order valence-electron chi connectivity index (χ0n) is 15.9.